The van der Waals surface area contributed by atoms with E-state index in [2.05, 4.69) is 13.8 Å². The van der Waals surface area contributed by atoms with Crippen LogP contribution in [0.4, 0.5) is 0 Å². The highest BCUT2D eigenvalue weighted by molar-refractivity contribution is 5.92. The van der Waals surface area contributed by atoms with E-state index < -0.39 is 11.9 Å². The van der Waals surface area contributed by atoms with Crippen LogP contribution in [0.2, 0.25) is 0 Å². The van der Waals surface area contributed by atoms with Crippen molar-refractivity contribution in [2.45, 2.75) is 20.3 Å². The van der Waals surface area contributed by atoms with E-state index in [4.69, 9.17) is 18.9 Å². The lowest BCUT2D eigenvalue weighted by atomic mass is 10.1. The van der Waals surface area contributed by atoms with E-state index in [0.29, 0.717) is 29.6 Å². The van der Waals surface area contributed by atoms with Crippen molar-refractivity contribution in [2.75, 3.05) is 19.8 Å². The standard InChI is InChI=1S/C27H28O6/c1-20(2)15-16-30-24-13-11-21(12-14-24)27(29)33-25-10-6-7-22(19-25)26(28)32-18-17-31-23-8-4-3-5-9-23/h3-14,19-20H,15-18H2,1-2H3. The minimum absolute atomic E-state index is 0.101. The fraction of sp³-hybridized carbons (Fsp3) is 0.259. The van der Waals surface area contributed by atoms with Gasteiger partial charge in [0, 0.05) is 0 Å². The molecule has 3 aromatic rings. The fourth-order valence-corrected chi connectivity index (χ4v) is 2.85. The number of benzene rings is 3. The predicted octanol–water partition coefficient (Wildman–Crippen LogP) is 5.57. The van der Waals surface area contributed by atoms with Gasteiger partial charge in [-0.1, -0.05) is 38.1 Å². The molecule has 3 rings (SSSR count). The zero-order valence-corrected chi connectivity index (χ0v) is 18.9. The molecule has 0 amide bonds. The quantitative estimate of drug-likeness (QED) is 0.217. The molecule has 0 saturated heterocycles. The van der Waals surface area contributed by atoms with Gasteiger partial charge in [-0.15, -0.1) is 0 Å². The Kier molecular flexibility index (Phi) is 8.88. The minimum Gasteiger partial charge on any atom is -0.494 e. The first kappa shape index (κ1) is 23.9. The van der Waals surface area contributed by atoms with Gasteiger partial charge in [-0.2, -0.15) is 0 Å². The summed E-state index contributed by atoms with van der Waals surface area (Å²) >= 11 is 0. The van der Waals surface area contributed by atoms with Gasteiger partial charge in [0.25, 0.3) is 0 Å². The van der Waals surface area contributed by atoms with Crippen LogP contribution < -0.4 is 14.2 Å². The first-order valence-electron chi connectivity index (χ1n) is 10.9. The number of hydrogen-bond acceptors (Lipinski definition) is 6. The molecule has 0 spiro atoms. The summed E-state index contributed by atoms with van der Waals surface area (Å²) in [5, 5.41) is 0. The first-order chi connectivity index (χ1) is 16.0. The highest BCUT2D eigenvalue weighted by Crippen LogP contribution is 2.18. The third kappa shape index (κ3) is 8.00. The summed E-state index contributed by atoms with van der Waals surface area (Å²) in [5.41, 5.74) is 0.672. The second-order valence-corrected chi connectivity index (χ2v) is 7.77. The highest BCUT2D eigenvalue weighted by Gasteiger charge is 2.12. The first-order valence-corrected chi connectivity index (χ1v) is 10.9. The summed E-state index contributed by atoms with van der Waals surface area (Å²) in [6.07, 6.45) is 0.961. The molecule has 6 nitrogen and oxygen atoms in total. The number of ether oxygens (including phenoxy) is 4. The van der Waals surface area contributed by atoms with Crippen LogP contribution in [-0.2, 0) is 4.74 Å². The normalized spacial score (nSPS) is 10.5. The predicted molar refractivity (Wildman–Crippen MR) is 125 cm³/mol. The van der Waals surface area contributed by atoms with Crippen LogP contribution in [0.15, 0.2) is 78.9 Å². The summed E-state index contributed by atoms with van der Waals surface area (Å²) in [5.74, 6) is 1.19. The average molecular weight is 449 g/mol. The smallest absolute Gasteiger partial charge is 0.343 e. The van der Waals surface area contributed by atoms with E-state index in [1.54, 1.807) is 42.5 Å². The van der Waals surface area contributed by atoms with Crippen LogP contribution >= 0.6 is 0 Å². The van der Waals surface area contributed by atoms with Crippen LogP contribution in [0, 0.1) is 5.92 Å². The van der Waals surface area contributed by atoms with Crippen molar-refractivity contribution in [3.05, 3.63) is 90.0 Å². The molecular formula is C27H28O6. The molecule has 33 heavy (non-hydrogen) atoms. The van der Waals surface area contributed by atoms with Gasteiger partial charge >= 0.3 is 11.9 Å². The Morgan fingerprint density at radius 2 is 1.33 bits per heavy atom. The molecule has 0 saturated carbocycles. The van der Waals surface area contributed by atoms with Gasteiger partial charge in [0.15, 0.2) is 0 Å². The van der Waals surface area contributed by atoms with Crippen LogP contribution in [0.25, 0.3) is 0 Å². The highest BCUT2D eigenvalue weighted by atomic mass is 16.6. The second-order valence-electron chi connectivity index (χ2n) is 7.77. The SMILES string of the molecule is CC(C)CCOc1ccc(C(=O)Oc2cccc(C(=O)OCCOc3ccccc3)c2)cc1. The van der Waals surface area contributed by atoms with E-state index in [0.717, 1.165) is 6.42 Å². The Labute approximate surface area is 194 Å². The Morgan fingerprint density at radius 1 is 0.667 bits per heavy atom. The fourth-order valence-electron chi connectivity index (χ4n) is 2.85. The van der Waals surface area contributed by atoms with Gasteiger partial charge < -0.3 is 18.9 Å². The molecule has 0 aliphatic rings. The Morgan fingerprint density at radius 3 is 2.06 bits per heavy atom. The molecule has 0 fully saturated rings. The van der Waals surface area contributed by atoms with Crippen molar-refractivity contribution in [3.63, 3.8) is 0 Å². The number of carbonyl (C=O) groups excluding carboxylic acids is 2. The molecule has 6 heteroatoms. The van der Waals surface area contributed by atoms with Crippen molar-refractivity contribution >= 4 is 11.9 Å². The van der Waals surface area contributed by atoms with Gasteiger partial charge in [0.2, 0.25) is 0 Å². The summed E-state index contributed by atoms with van der Waals surface area (Å²) in [7, 11) is 0. The third-order valence-electron chi connectivity index (χ3n) is 4.66. The van der Waals surface area contributed by atoms with Crippen molar-refractivity contribution in [1.29, 1.82) is 0 Å². The van der Waals surface area contributed by atoms with Crippen LogP contribution in [0.3, 0.4) is 0 Å². The van der Waals surface area contributed by atoms with E-state index in [1.807, 2.05) is 30.3 Å². The lowest BCUT2D eigenvalue weighted by Crippen LogP contribution is -2.13. The maximum atomic E-state index is 12.5. The largest absolute Gasteiger partial charge is 0.494 e. The zero-order chi connectivity index (χ0) is 23.5. The van der Waals surface area contributed by atoms with Gasteiger partial charge in [0.05, 0.1) is 17.7 Å². The van der Waals surface area contributed by atoms with Gasteiger partial charge in [-0.3, -0.25) is 0 Å². The zero-order valence-electron chi connectivity index (χ0n) is 18.9. The number of para-hydroxylation sites is 1. The maximum Gasteiger partial charge on any atom is 0.343 e. The minimum atomic E-state index is -0.523. The summed E-state index contributed by atoms with van der Waals surface area (Å²) in [6, 6.07) is 22.4. The maximum absolute atomic E-state index is 12.5. The monoisotopic (exact) mass is 448 g/mol. The molecule has 0 N–H and O–H groups in total. The molecule has 0 bridgehead atoms. The molecule has 0 radical (unpaired) electrons. The Hall–Kier alpha value is -3.80. The Bertz CT molecular complexity index is 1030. The van der Waals surface area contributed by atoms with Crippen LogP contribution in [0.1, 0.15) is 41.0 Å². The summed E-state index contributed by atoms with van der Waals surface area (Å²) in [6.45, 7) is 5.24. The lowest BCUT2D eigenvalue weighted by Gasteiger charge is -2.10. The topological polar surface area (TPSA) is 71.1 Å². The molecule has 172 valence electrons. The van der Waals surface area contributed by atoms with E-state index >= 15 is 0 Å². The number of hydrogen-bond donors (Lipinski definition) is 0. The van der Waals surface area contributed by atoms with Gasteiger partial charge in [-0.25, -0.2) is 9.59 Å². The van der Waals surface area contributed by atoms with Crippen molar-refractivity contribution in [1.82, 2.24) is 0 Å². The number of esters is 2. The van der Waals surface area contributed by atoms with Crippen LogP contribution in [0.5, 0.6) is 17.2 Å². The van der Waals surface area contributed by atoms with Gasteiger partial charge in [-0.05, 0) is 66.9 Å². The molecule has 0 aromatic heterocycles. The molecule has 0 aliphatic carbocycles. The van der Waals surface area contributed by atoms with E-state index in [9.17, 15) is 9.59 Å². The Balaban J connectivity index is 1.48. The molecule has 3 aromatic carbocycles. The molecule has 0 unspecified atom stereocenters. The van der Waals surface area contributed by atoms with Crippen molar-refractivity contribution in [2.24, 2.45) is 5.92 Å². The number of carbonyl (C=O) groups is 2. The van der Waals surface area contributed by atoms with Crippen molar-refractivity contribution < 1.29 is 28.5 Å². The second kappa shape index (κ2) is 12.3. The van der Waals surface area contributed by atoms with Gasteiger partial charge in [0.1, 0.15) is 30.5 Å². The summed E-state index contributed by atoms with van der Waals surface area (Å²) in [4.78, 5) is 24.8. The third-order valence-corrected chi connectivity index (χ3v) is 4.66. The molecule has 0 aliphatic heterocycles. The number of rotatable bonds is 11. The lowest BCUT2D eigenvalue weighted by molar-refractivity contribution is 0.0449. The average Bonchev–Trinajstić information content (AvgIpc) is 2.83. The van der Waals surface area contributed by atoms with E-state index in [-0.39, 0.29) is 24.5 Å². The molecule has 0 atom stereocenters. The van der Waals surface area contributed by atoms with Crippen LogP contribution in [-0.4, -0.2) is 31.8 Å². The molecule has 0 heterocycles. The summed E-state index contributed by atoms with van der Waals surface area (Å²) < 4.78 is 21.8. The van der Waals surface area contributed by atoms with Crippen molar-refractivity contribution in [3.8, 4) is 17.2 Å². The molecular weight excluding hydrogens is 420 g/mol. The van der Waals surface area contributed by atoms with E-state index in [1.165, 1.54) is 6.07 Å².